The van der Waals surface area contributed by atoms with E-state index >= 15 is 0 Å². The normalized spacial score (nSPS) is 19.4. The molecule has 0 saturated carbocycles. The Kier molecular flexibility index (Phi) is 7.03. The summed E-state index contributed by atoms with van der Waals surface area (Å²) in [4.78, 5) is 26.8. The third-order valence-electron chi connectivity index (χ3n) is 6.27. The lowest BCUT2D eigenvalue weighted by Crippen LogP contribution is -2.43. The molecule has 1 saturated heterocycles. The summed E-state index contributed by atoms with van der Waals surface area (Å²) in [6.07, 6.45) is 1.86. The molecule has 2 aromatic rings. The predicted octanol–water partition coefficient (Wildman–Crippen LogP) is 3.10. The van der Waals surface area contributed by atoms with Gasteiger partial charge in [0, 0.05) is 12.3 Å². The molecule has 0 bridgehead atoms. The molecule has 2 aliphatic heterocycles. The Morgan fingerprint density at radius 2 is 1.76 bits per heavy atom. The molecule has 1 atom stereocenters. The topological polar surface area (TPSA) is 88.2 Å². The van der Waals surface area contributed by atoms with Crippen molar-refractivity contribution < 1.29 is 18.7 Å². The number of carbonyl (C=O) groups is 2. The Labute approximate surface area is 193 Å². The molecular formula is C25H29FN4O3. The number of benzene rings is 2. The zero-order chi connectivity index (χ0) is 23.4. The molecule has 1 unspecified atom stereocenters. The van der Waals surface area contributed by atoms with Gasteiger partial charge in [0.1, 0.15) is 11.6 Å². The number of hydrogen-bond acceptors (Lipinski definition) is 5. The van der Waals surface area contributed by atoms with Gasteiger partial charge in [-0.25, -0.2) is 9.40 Å². The van der Waals surface area contributed by atoms with Gasteiger partial charge >= 0.3 is 0 Å². The van der Waals surface area contributed by atoms with Crippen molar-refractivity contribution in [2.45, 2.75) is 32.2 Å². The van der Waals surface area contributed by atoms with Gasteiger partial charge in [-0.05, 0) is 68.2 Å². The Bertz CT molecular complexity index is 1010. The molecule has 0 aliphatic carbocycles. The van der Waals surface area contributed by atoms with Crippen LogP contribution in [0, 0.1) is 11.7 Å². The fourth-order valence-corrected chi connectivity index (χ4v) is 4.41. The van der Waals surface area contributed by atoms with Crippen LogP contribution in [0.25, 0.3) is 0 Å². The molecule has 174 valence electrons. The van der Waals surface area contributed by atoms with Gasteiger partial charge in [0.05, 0.1) is 24.9 Å². The standard InChI is InChI=1S/C25H29FN4O3/c1-2-33-21-9-5-18(6-10-21)23-15-22(17-3-7-20(26)8-4-17)28-30(23)24(31)16-29-13-11-19(12-14-29)25(27)32/h3-10,19,23H,2,11-16H2,1H3,(H2,27,32). The number of primary amides is 1. The van der Waals surface area contributed by atoms with Crippen LogP contribution in [0.1, 0.15) is 43.4 Å². The zero-order valence-electron chi connectivity index (χ0n) is 18.7. The van der Waals surface area contributed by atoms with Gasteiger partial charge in [-0.2, -0.15) is 5.10 Å². The predicted molar refractivity (Wildman–Crippen MR) is 123 cm³/mol. The summed E-state index contributed by atoms with van der Waals surface area (Å²) in [5.74, 6) is -0.0437. The van der Waals surface area contributed by atoms with E-state index in [1.165, 1.54) is 12.1 Å². The summed E-state index contributed by atoms with van der Waals surface area (Å²) < 4.78 is 18.9. The molecule has 33 heavy (non-hydrogen) atoms. The van der Waals surface area contributed by atoms with E-state index in [9.17, 15) is 14.0 Å². The molecule has 0 radical (unpaired) electrons. The van der Waals surface area contributed by atoms with Gasteiger partial charge < -0.3 is 10.5 Å². The maximum absolute atomic E-state index is 13.4. The van der Waals surface area contributed by atoms with E-state index in [0.717, 1.165) is 22.6 Å². The molecule has 2 heterocycles. The lowest BCUT2D eigenvalue weighted by Gasteiger charge is -2.31. The molecule has 8 heteroatoms. The molecule has 0 aromatic heterocycles. The van der Waals surface area contributed by atoms with Crippen molar-refractivity contribution in [3.05, 3.63) is 65.5 Å². The van der Waals surface area contributed by atoms with E-state index in [0.29, 0.717) is 39.0 Å². The minimum absolute atomic E-state index is 0.108. The third kappa shape index (κ3) is 5.39. The van der Waals surface area contributed by atoms with Crippen LogP contribution in [-0.4, -0.2) is 53.7 Å². The van der Waals surface area contributed by atoms with Gasteiger partial charge in [0.15, 0.2) is 0 Å². The number of amides is 2. The second kappa shape index (κ2) is 10.1. The van der Waals surface area contributed by atoms with Crippen molar-refractivity contribution in [2.24, 2.45) is 16.8 Å². The van der Waals surface area contributed by atoms with E-state index < -0.39 is 0 Å². The van der Waals surface area contributed by atoms with Crippen molar-refractivity contribution in [3.63, 3.8) is 0 Å². The molecule has 2 aliphatic rings. The second-order valence-electron chi connectivity index (χ2n) is 8.47. The fourth-order valence-electron chi connectivity index (χ4n) is 4.41. The second-order valence-corrected chi connectivity index (χ2v) is 8.47. The van der Waals surface area contributed by atoms with Crippen molar-refractivity contribution in [1.82, 2.24) is 9.91 Å². The summed E-state index contributed by atoms with van der Waals surface area (Å²) in [5.41, 5.74) is 7.92. The number of carbonyl (C=O) groups excluding carboxylic acids is 2. The van der Waals surface area contributed by atoms with Crippen LogP contribution in [0.15, 0.2) is 53.6 Å². The molecule has 7 nitrogen and oxygen atoms in total. The van der Waals surface area contributed by atoms with E-state index in [1.54, 1.807) is 17.1 Å². The molecular weight excluding hydrogens is 423 g/mol. The summed E-state index contributed by atoms with van der Waals surface area (Å²) in [6.45, 7) is 4.03. The molecule has 0 spiro atoms. The SMILES string of the molecule is CCOc1ccc(C2CC(c3ccc(F)cc3)=NN2C(=O)CN2CCC(C(N)=O)CC2)cc1. The molecule has 1 fully saturated rings. The van der Waals surface area contributed by atoms with Gasteiger partial charge in [-0.3, -0.25) is 14.5 Å². The minimum Gasteiger partial charge on any atom is -0.494 e. The number of hydrogen-bond donors (Lipinski definition) is 1. The number of halogens is 1. The lowest BCUT2D eigenvalue weighted by molar-refractivity contribution is -0.134. The van der Waals surface area contributed by atoms with Crippen LogP contribution in [-0.2, 0) is 9.59 Å². The Balaban J connectivity index is 1.53. The van der Waals surface area contributed by atoms with E-state index in [4.69, 9.17) is 10.5 Å². The van der Waals surface area contributed by atoms with Gasteiger partial charge in [-0.15, -0.1) is 0 Å². The summed E-state index contributed by atoms with van der Waals surface area (Å²) in [5, 5.41) is 6.21. The van der Waals surface area contributed by atoms with Crippen LogP contribution < -0.4 is 10.5 Å². The number of nitrogens with two attached hydrogens (primary N) is 1. The highest BCUT2D eigenvalue weighted by atomic mass is 19.1. The van der Waals surface area contributed by atoms with Crippen LogP contribution >= 0.6 is 0 Å². The highest BCUT2D eigenvalue weighted by Crippen LogP contribution is 2.34. The highest BCUT2D eigenvalue weighted by molar-refractivity contribution is 6.03. The first-order valence-corrected chi connectivity index (χ1v) is 11.3. The van der Waals surface area contributed by atoms with Crippen molar-refractivity contribution in [2.75, 3.05) is 26.2 Å². The molecule has 2 amide bonds. The Morgan fingerprint density at radius 3 is 2.36 bits per heavy atom. The first-order chi connectivity index (χ1) is 15.9. The molecule has 4 rings (SSSR count). The lowest BCUT2D eigenvalue weighted by atomic mass is 9.96. The van der Waals surface area contributed by atoms with Crippen molar-refractivity contribution in [3.8, 4) is 5.75 Å². The van der Waals surface area contributed by atoms with Crippen LogP contribution in [0.4, 0.5) is 4.39 Å². The quantitative estimate of drug-likeness (QED) is 0.699. The number of piperidine rings is 1. The third-order valence-corrected chi connectivity index (χ3v) is 6.27. The largest absolute Gasteiger partial charge is 0.494 e. The van der Waals surface area contributed by atoms with Crippen molar-refractivity contribution >= 4 is 17.5 Å². The zero-order valence-corrected chi connectivity index (χ0v) is 18.7. The summed E-state index contributed by atoms with van der Waals surface area (Å²) in [7, 11) is 0. The highest BCUT2D eigenvalue weighted by Gasteiger charge is 2.34. The van der Waals surface area contributed by atoms with E-state index in [2.05, 4.69) is 5.10 Å². The van der Waals surface area contributed by atoms with Gasteiger partial charge in [0.25, 0.3) is 5.91 Å². The van der Waals surface area contributed by atoms with Crippen molar-refractivity contribution in [1.29, 1.82) is 0 Å². The minimum atomic E-state index is -0.312. The average Bonchev–Trinajstić information content (AvgIpc) is 3.26. The fraction of sp³-hybridized carbons (Fsp3) is 0.400. The maximum Gasteiger partial charge on any atom is 0.257 e. The van der Waals surface area contributed by atoms with Crippen LogP contribution in [0.3, 0.4) is 0 Å². The summed E-state index contributed by atoms with van der Waals surface area (Å²) in [6, 6.07) is 13.6. The molecule has 2 aromatic carbocycles. The first kappa shape index (κ1) is 22.9. The van der Waals surface area contributed by atoms with Crippen LogP contribution in [0.5, 0.6) is 5.75 Å². The van der Waals surface area contributed by atoms with Crippen LogP contribution in [0.2, 0.25) is 0 Å². The smallest absolute Gasteiger partial charge is 0.257 e. The van der Waals surface area contributed by atoms with Gasteiger partial charge in [0.2, 0.25) is 5.91 Å². The Hall–Kier alpha value is -3.26. The van der Waals surface area contributed by atoms with E-state index in [-0.39, 0.29) is 36.1 Å². The number of ether oxygens (including phenoxy) is 1. The number of nitrogens with zero attached hydrogens (tertiary/aromatic N) is 3. The van der Waals surface area contributed by atoms with E-state index in [1.807, 2.05) is 36.1 Å². The molecule has 2 N–H and O–H groups in total. The summed E-state index contributed by atoms with van der Waals surface area (Å²) >= 11 is 0. The number of rotatable bonds is 7. The number of likely N-dealkylation sites (tertiary alicyclic amines) is 1. The monoisotopic (exact) mass is 452 g/mol. The average molecular weight is 453 g/mol. The number of hydrazone groups is 1. The van der Waals surface area contributed by atoms with Gasteiger partial charge in [-0.1, -0.05) is 24.3 Å². The first-order valence-electron chi connectivity index (χ1n) is 11.3. The Morgan fingerprint density at radius 1 is 1.09 bits per heavy atom. The maximum atomic E-state index is 13.4.